The molecule has 9 aromatic rings. The van der Waals surface area contributed by atoms with Crippen molar-refractivity contribution in [2.45, 2.75) is 19.3 Å². The molecule has 5 aromatic carbocycles. The molecule has 4 aromatic heterocycles. The molecule has 1 saturated heterocycles. The van der Waals surface area contributed by atoms with E-state index in [1.807, 2.05) is 91.0 Å². The summed E-state index contributed by atoms with van der Waals surface area (Å²) in [5.74, 6) is 0.0677. The third-order valence-corrected chi connectivity index (χ3v) is 10.3. The molecule has 10 rings (SSSR count). The summed E-state index contributed by atoms with van der Waals surface area (Å²) < 4.78 is 2.80. The van der Waals surface area contributed by atoms with E-state index in [0.717, 1.165) is 81.5 Å². The van der Waals surface area contributed by atoms with Crippen LogP contribution in [0.5, 0.6) is 0 Å². The minimum absolute atomic E-state index is 0.0701. The molecule has 0 aliphatic carbocycles. The van der Waals surface area contributed by atoms with Gasteiger partial charge in [-0.1, -0.05) is 91.0 Å². The van der Waals surface area contributed by atoms with Crippen LogP contribution in [-0.2, 0) is 0 Å². The predicted octanol–water partition coefficient (Wildman–Crippen LogP) is 9.10. The second kappa shape index (κ2) is 16.9. The number of anilines is 3. The van der Waals surface area contributed by atoms with Crippen LogP contribution >= 0.6 is 0 Å². The Bertz CT molecular complexity index is 3000. The van der Waals surface area contributed by atoms with Gasteiger partial charge in [0.05, 0.1) is 34.6 Å². The van der Waals surface area contributed by atoms with Crippen LogP contribution in [0.15, 0.2) is 152 Å². The first-order valence-corrected chi connectivity index (χ1v) is 19.7. The molecule has 14 nitrogen and oxygen atoms in total. The molecule has 1 fully saturated rings. The Morgan fingerprint density at radius 3 is 1.54 bits per heavy atom. The van der Waals surface area contributed by atoms with Crippen LogP contribution in [0.25, 0.3) is 56.0 Å². The number of hydrogen-bond donors (Lipinski definition) is 3. The molecule has 0 radical (unpaired) electrons. The van der Waals surface area contributed by atoms with E-state index in [9.17, 15) is 19.8 Å². The highest BCUT2D eigenvalue weighted by atomic mass is 16.4. The number of carboxylic acids is 2. The normalized spacial score (nSPS) is 12.5. The molecular formula is C47H38N10O4. The lowest BCUT2D eigenvalue weighted by molar-refractivity contribution is 0.0686. The van der Waals surface area contributed by atoms with E-state index in [-0.39, 0.29) is 17.1 Å². The highest BCUT2D eigenvalue weighted by Crippen LogP contribution is 2.32. The van der Waals surface area contributed by atoms with Crippen LogP contribution in [-0.4, -0.2) is 74.7 Å². The molecular weight excluding hydrogens is 769 g/mol. The van der Waals surface area contributed by atoms with Crippen molar-refractivity contribution < 1.29 is 19.8 Å². The second-order valence-corrected chi connectivity index (χ2v) is 14.4. The summed E-state index contributed by atoms with van der Waals surface area (Å²) in [6, 6.07) is 42.2. The number of rotatable bonds is 9. The topological polar surface area (TPSA) is 177 Å². The summed E-state index contributed by atoms with van der Waals surface area (Å²) in [6.45, 7) is 1.89. The quantitative estimate of drug-likeness (QED) is 0.126. The van der Waals surface area contributed by atoms with Crippen molar-refractivity contribution in [1.29, 1.82) is 0 Å². The van der Waals surface area contributed by atoms with Crippen LogP contribution < -0.4 is 10.2 Å². The molecule has 300 valence electrons. The van der Waals surface area contributed by atoms with E-state index in [4.69, 9.17) is 4.98 Å². The molecule has 0 spiro atoms. The minimum atomic E-state index is -1.05. The van der Waals surface area contributed by atoms with E-state index in [1.54, 1.807) is 0 Å². The predicted molar refractivity (Wildman–Crippen MR) is 234 cm³/mol. The van der Waals surface area contributed by atoms with E-state index in [2.05, 4.69) is 71.8 Å². The van der Waals surface area contributed by atoms with E-state index in [0.29, 0.717) is 11.8 Å². The van der Waals surface area contributed by atoms with Crippen molar-refractivity contribution in [2.75, 3.05) is 23.3 Å². The van der Waals surface area contributed by atoms with E-state index >= 15 is 0 Å². The molecule has 61 heavy (non-hydrogen) atoms. The summed E-state index contributed by atoms with van der Waals surface area (Å²) in [6.07, 6.45) is 8.92. The van der Waals surface area contributed by atoms with Crippen molar-refractivity contribution in [3.63, 3.8) is 0 Å². The van der Waals surface area contributed by atoms with Crippen molar-refractivity contribution in [3.05, 3.63) is 163 Å². The third-order valence-electron chi connectivity index (χ3n) is 10.3. The Labute approximate surface area is 349 Å². The van der Waals surface area contributed by atoms with Crippen LogP contribution in [0.2, 0.25) is 0 Å². The number of fused-ring (bicyclic) bond motifs is 2. The van der Waals surface area contributed by atoms with Gasteiger partial charge in [0.2, 0.25) is 0 Å². The fraction of sp³-hybridized carbons (Fsp3) is 0.106. The summed E-state index contributed by atoms with van der Waals surface area (Å²) >= 11 is 0. The standard InChI is InChI=1S/C24H17N5O2.C23H21N5O2/c30-23(31)18-14-25-29(15-18)24-27-21-12-11-17(16-7-3-1-4-8-16)13-20(21)22(28-24)26-19-9-5-2-6-10-19;29-22(30)18-14-24-28(15-18)23-25-20-10-9-17(16-7-3-1-4-8-16)13-19(20)21(26-23)27-11-5-2-6-12-27/h1-15H,(H,30,31)(H,26,27,28);1,3-4,7-10,13-15H,2,5-6,11-12H2,(H,29,30). The second-order valence-electron chi connectivity index (χ2n) is 14.4. The Balaban J connectivity index is 0.000000156. The van der Waals surface area contributed by atoms with Crippen molar-refractivity contribution in [3.8, 4) is 34.2 Å². The van der Waals surface area contributed by atoms with Gasteiger partial charge in [-0.25, -0.2) is 28.9 Å². The first-order chi connectivity index (χ1) is 29.9. The first kappa shape index (κ1) is 38.3. The molecule has 1 aliphatic rings. The van der Waals surface area contributed by atoms with Gasteiger partial charge in [0.25, 0.3) is 11.9 Å². The molecule has 5 heterocycles. The Morgan fingerprint density at radius 2 is 1.02 bits per heavy atom. The zero-order valence-electron chi connectivity index (χ0n) is 32.7. The highest BCUT2D eigenvalue weighted by molar-refractivity contribution is 5.95. The van der Waals surface area contributed by atoms with Gasteiger partial charge in [-0.3, -0.25) is 0 Å². The minimum Gasteiger partial charge on any atom is -0.478 e. The van der Waals surface area contributed by atoms with E-state index < -0.39 is 11.9 Å². The number of carbonyl (C=O) groups is 2. The van der Waals surface area contributed by atoms with Crippen molar-refractivity contribution in [1.82, 2.24) is 39.5 Å². The fourth-order valence-electron chi connectivity index (χ4n) is 7.23. The average molecular weight is 807 g/mol. The lowest BCUT2D eigenvalue weighted by atomic mass is 10.0. The molecule has 1 aliphatic heterocycles. The zero-order chi connectivity index (χ0) is 41.7. The van der Waals surface area contributed by atoms with Crippen LogP contribution in [0.3, 0.4) is 0 Å². The van der Waals surface area contributed by atoms with Gasteiger partial charge in [0.1, 0.15) is 11.6 Å². The molecule has 14 heteroatoms. The SMILES string of the molecule is O=C(O)c1cnn(-c2nc(N3CCCCC3)c3cc(-c4ccccc4)ccc3n2)c1.O=C(O)c1cnn(-c2nc(Nc3ccccc3)c3cc(-c4ccccc4)ccc3n2)c1. The molecule has 0 unspecified atom stereocenters. The fourth-order valence-corrected chi connectivity index (χ4v) is 7.23. The molecule has 0 saturated carbocycles. The summed E-state index contributed by atoms with van der Waals surface area (Å²) in [5.41, 5.74) is 6.99. The van der Waals surface area contributed by atoms with Gasteiger partial charge in [0, 0.05) is 41.9 Å². The number of aromatic nitrogens is 8. The molecule has 0 amide bonds. The molecule has 3 N–H and O–H groups in total. The summed E-state index contributed by atoms with van der Waals surface area (Å²) in [7, 11) is 0. The number of para-hydroxylation sites is 1. The highest BCUT2D eigenvalue weighted by Gasteiger charge is 2.20. The van der Waals surface area contributed by atoms with Crippen molar-refractivity contribution >= 4 is 51.1 Å². The van der Waals surface area contributed by atoms with Crippen LogP contribution in [0, 0.1) is 0 Å². The molecule has 0 atom stereocenters. The third kappa shape index (κ3) is 8.36. The monoisotopic (exact) mass is 806 g/mol. The van der Waals surface area contributed by atoms with Gasteiger partial charge in [-0.15, -0.1) is 0 Å². The van der Waals surface area contributed by atoms with Gasteiger partial charge < -0.3 is 20.4 Å². The van der Waals surface area contributed by atoms with E-state index in [1.165, 1.54) is 40.6 Å². The Kier molecular flexibility index (Phi) is 10.6. The summed E-state index contributed by atoms with van der Waals surface area (Å²) in [4.78, 5) is 43.5. The van der Waals surface area contributed by atoms with Gasteiger partial charge in [0.15, 0.2) is 0 Å². The van der Waals surface area contributed by atoms with Crippen LogP contribution in [0.1, 0.15) is 40.0 Å². The number of aromatic carboxylic acids is 2. The maximum absolute atomic E-state index is 11.2. The maximum atomic E-state index is 11.2. The average Bonchev–Trinajstić information content (AvgIpc) is 4.02. The Morgan fingerprint density at radius 1 is 0.525 bits per heavy atom. The number of nitrogens with one attached hydrogen (secondary N) is 1. The van der Waals surface area contributed by atoms with Crippen LogP contribution in [0.4, 0.5) is 17.3 Å². The summed E-state index contributed by atoms with van der Waals surface area (Å²) in [5, 5.41) is 31.9. The van der Waals surface area contributed by atoms with Gasteiger partial charge >= 0.3 is 11.9 Å². The van der Waals surface area contributed by atoms with Gasteiger partial charge in [-0.05, 0) is 77.9 Å². The lowest BCUT2D eigenvalue weighted by Gasteiger charge is -2.29. The smallest absolute Gasteiger partial charge is 0.338 e. The number of hydrogen-bond acceptors (Lipinski definition) is 10. The van der Waals surface area contributed by atoms with Crippen molar-refractivity contribution in [2.24, 2.45) is 0 Å². The number of piperidine rings is 1. The number of carboxylic acid groups (broad SMARTS) is 2. The largest absolute Gasteiger partial charge is 0.478 e. The first-order valence-electron chi connectivity index (χ1n) is 19.7. The number of nitrogens with zero attached hydrogens (tertiary/aromatic N) is 9. The maximum Gasteiger partial charge on any atom is 0.338 e. The zero-order valence-corrected chi connectivity index (χ0v) is 32.7. The van der Waals surface area contributed by atoms with Gasteiger partial charge in [-0.2, -0.15) is 20.2 Å². The Hall–Kier alpha value is -8.26. The molecule has 0 bridgehead atoms. The number of benzene rings is 5. The lowest BCUT2D eigenvalue weighted by Crippen LogP contribution is -2.30.